The van der Waals surface area contributed by atoms with Crippen LogP contribution in [0.4, 0.5) is 0 Å². The molecule has 0 aromatic heterocycles. The second-order valence-electron chi connectivity index (χ2n) is 3.99. The Kier molecular flexibility index (Phi) is 5.13. The van der Waals surface area contributed by atoms with Crippen LogP contribution in [0, 0.1) is 0 Å². The third-order valence-corrected chi connectivity index (χ3v) is 2.99. The van der Waals surface area contributed by atoms with Gasteiger partial charge in [-0.05, 0) is 37.5 Å². The van der Waals surface area contributed by atoms with Crippen LogP contribution in [-0.2, 0) is 0 Å². The van der Waals surface area contributed by atoms with E-state index in [0.717, 1.165) is 17.9 Å². The van der Waals surface area contributed by atoms with Gasteiger partial charge >= 0.3 is 0 Å². The van der Waals surface area contributed by atoms with Crippen molar-refractivity contribution in [3.05, 3.63) is 34.9 Å². The van der Waals surface area contributed by atoms with Gasteiger partial charge in [0.25, 0.3) is 0 Å². The molecule has 1 aromatic carbocycles. The molecule has 2 atom stereocenters. The monoisotopic (exact) mass is 225 g/mol. The highest BCUT2D eigenvalue weighted by molar-refractivity contribution is 6.30. The van der Waals surface area contributed by atoms with Gasteiger partial charge in [0.05, 0.1) is 0 Å². The number of rotatable bonds is 5. The minimum atomic E-state index is 0.415. The molecule has 1 rings (SSSR count). The zero-order chi connectivity index (χ0) is 11.3. The summed E-state index contributed by atoms with van der Waals surface area (Å²) >= 11 is 5.99. The highest BCUT2D eigenvalue weighted by Gasteiger charge is 2.11. The van der Waals surface area contributed by atoms with Gasteiger partial charge in [0, 0.05) is 17.1 Å². The fourth-order valence-electron chi connectivity index (χ4n) is 1.63. The van der Waals surface area contributed by atoms with Gasteiger partial charge in [-0.2, -0.15) is 0 Å². The van der Waals surface area contributed by atoms with Crippen molar-refractivity contribution in [1.82, 2.24) is 5.32 Å². The molecule has 0 spiro atoms. The molecule has 1 nitrogen and oxygen atoms in total. The standard InChI is InChI=1S/C13H20ClN/c1-4-10(3)15-13(5-2)11-7-6-8-12(14)9-11/h6-10,13,15H,4-5H2,1-3H3/t10-,13-/m0/s1. The molecule has 0 aliphatic rings. The summed E-state index contributed by atoms with van der Waals surface area (Å²) in [5, 5.41) is 4.42. The zero-order valence-corrected chi connectivity index (χ0v) is 10.5. The van der Waals surface area contributed by atoms with Crippen molar-refractivity contribution in [2.24, 2.45) is 0 Å². The summed E-state index contributed by atoms with van der Waals surface area (Å²) in [4.78, 5) is 0. The third-order valence-electron chi connectivity index (χ3n) is 2.76. The second-order valence-corrected chi connectivity index (χ2v) is 4.43. The molecule has 1 aromatic rings. The van der Waals surface area contributed by atoms with E-state index in [-0.39, 0.29) is 0 Å². The average molecular weight is 226 g/mol. The van der Waals surface area contributed by atoms with E-state index in [2.05, 4.69) is 32.2 Å². The first-order valence-corrected chi connectivity index (χ1v) is 6.06. The molecule has 0 radical (unpaired) electrons. The Hall–Kier alpha value is -0.530. The lowest BCUT2D eigenvalue weighted by Gasteiger charge is -2.22. The fraction of sp³-hybridized carbons (Fsp3) is 0.538. The van der Waals surface area contributed by atoms with Gasteiger partial charge in [0.2, 0.25) is 0 Å². The second kappa shape index (κ2) is 6.14. The summed E-state index contributed by atoms with van der Waals surface area (Å²) in [6.07, 6.45) is 2.24. The van der Waals surface area contributed by atoms with Crippen LogP contribution in [0.2, 0.25) is 5.02 Å². The average Bonchev–Trinajstić information content (AvgIpc) is 2.25. The molecule has 2 heteroatoms. The zero-order valence-electron chi connectivity index (χ0n) is 9.76. The van der Waals surface area contributed by atoms with E-state index >= 15 is 0 Å². The predicted molar refractivity (Wildman–Crippen MR) is 67.4 cm³/mol. The maximum Gasteiger partial charge on any atom is 0.0409 e. The van der Waals surface area contributed by atoms with Gasteiger partial charge in [-0.15, -0.1) is 0 Å². The lowest BCUT2D eigenvalue weighted by Crippen LogP contribution is -2.29. The van der Waals surface area contributed by atoms with Crippen LogP contribution in [0.1, 0.15) is 45.2 Å². The summed E-state index contributed by atoms with van der Waals surface area (Å²) in [5.74, 6) is 0. The number of hydrogen-bond donors (Lipinski definition) is 1. The van der Waals surface area contributed by atoms with E-state index in [1.165, 1.54) is 5.56 Å². The maximum atomic E-state index is 5.99. The first-order valence-electron chi connectivity index (χ1n) is 5.68. The smallest absolute Gasteiger partial charge is 0.0409 e. The molecule has 0 heterocycles. The van der Waals surface area contributed by atoms with Crippen molar-refractivity contribution in [1.29, 1.82) is 0 Å². The Balaban J connectivity index is 2.73. The van der Waals surface area contributed by atoms with Gasteiger partial charge < -0.3 is 5.32 Å². The summed E-state index contributed by atoms with van der Waals surface area (Å²) < 4.78 is 0. The molecule has 0 unspecified atom stereocenters. The predicted octanol–water partition coefficient (Wildman–Crippen LogP) is 4.18. The van der Waals surface area contributed by atoms with Crippen LogP contribution in [-0.4, -0.2) is 6.04 Å². The van der Waals surface area contributed by atoms with E-state index in [4.69, 9.17) is 11.6 Å². The van der Waals surface area contributed by atoms with E-state index in [1.807, 2.05) is 18.2 Å². The molecule has 0 aliphatic heterocycles. The molecule has 15 heavy (non-hydrogen) atoms. The fourth-order valence-corrected chi connectivity index (χ4v) is 1.83. The number of hydrogen-bond acceptors (Lipinski definition) is 1. The van der Waals surface area contributed by atoms with E-state index < -0.39 is 0 Å². The van der Waals surface area contributed by atoms with Gasteiger partial charge in [0.15, 0.2) is 0 Å². The molecular formula is C13H20ClN. The normalized spacial score (nSPS) is 14.9. The minimum absolute atomic E-state index is 0.415. The summed E-state index contributed by atoms with van der Waals surface area (Å²) in [6, 6.07) is 9.08. The SMILES string of the molecule is CC[C@H](N[C@@H](C)CC)c1cccc(Cl)c1. The van der Waals surface area contributed by atoms with Gasteiger partial charge in [-0.1, -0.05) is 37.6 Å². The first kappa shape index (κ1) is 12.5. The number of halogens is 1. The largest absolute Gasteiger partial charge is 0.307 e. The highest BCUT2D eigenvalue weighted by atomic mass is 35.5. The van der Waals surface area contributed by atoms with Gasteiger partial charge in [-0.25, -0.2) is 0 Å². The molecule has 0 saturated heterocycles. The quantitative estimate of drug-likeness (QED) is 0.793. The summed E-state index contributed by atoms with van der Waals surface area (Å²) in [6.45, 7) is 6.61. The van der Waals surface area contributed by atoms with Crippen LogP contribution < -0.4 is 5.32 Å². The Bertz CT molecular complexity index is 298. The molecule has 0 fully saturated rings. The Morgan fingerprint density at radius 1 is 1.27 bits per heavy atom. The van der Waals surface area contributed by atoms with E-state index in [1.54, 1.807) is 0 Å². The van der Waals surface area contributed by atoms with Crippen molar-refractivity contribution in [3.63, 3.8) is 0 Å². The molecule has 0 saturated carbocycles. The first-order chi connectivity index (χ1) is 7.17. The van der Waals surface area contributed by atoms with Crippen LogP contribution >= 0.6 is 11.6 Å². The molecule has 84 valence electrons. The lowest BCUT2D eigenvalue weighted by atomic mass is 10.0. The molecular weight excluding hydrogens is 206 g/mol. The Morgan fingerprint density at radius 2 is 2.00 bits per heavy atom. The summed E-state index contributed by atoms with van der Waals surface area (Å²) in [7, 11) is 0. The minimum Gasteiger partial charge on any atom is -0.307 e. The summed E-state index contributed by atoms with van der Waals surface area (Å²) in [5.41, 5.74) is 1.28. The Morgan fingerprint density at radius 3 is 2.53 bits per heavy atom. The lowest BCUT2D eigenvalue weighted by molar-refractivity contribution is 0.437. The van der Waals surface area contributed by atoms with Crippen LogP contribution in [0.15, 0.2) is 24.3 Å². The van der Waals surface area contributed by atoms with Crippen LogP contribution in [0.25, 0.3) is 0 Å². The number of benzene rings is 1. The highest BCUT2D eigenvalue weighted by Crippen LogP contribution is 2.21. The van der Waals surface area contributed by atoms with Crippen LogP contribution in [0.3, 0.4) is 0 Å². The molecule has 1 N–H and O–H groups in total. The molecule has 0 aliphatic carbocycles. The van der Waals surface area contributed by atoms with Crippen LogP contribution in [0.5, 0.6) is 0 Å². The van der Waals surface area contributed by atoms with E-state index in [0.29, 0.717) is 12.1 Å². The van der Waals surface area contributed by atoms with Crippen molar-refractivity contribution in [2.45, 2.75) is 45.7 Å². The molecule has 0 amide bonds. The maximum absolute atomic E-state index is 5.99. The third kappa shape index (κ3) is 3.84. The topological polar surface area (TPSA) is 12.0 Å². The molecule has 0 bridgehead atoms. The van der Waals surface area contributed by atoms with Crippen molar-refractivity contribution < 1.29 is 0 Å². The number of nitrogens with one attached hydrogen (secondary N) is 1. The van der Waals surface area contributed by atoms with Gasteiger partial charge in [0.1, 0.15) is 0 Å². The Labute approximate surface area is 97.8 Å². The van der Waals surface area contributed by atoms with Crippen molar-refractivity contribution >= 4 is 11.6 Å². The van der Waals surface area contributed by atoms with Crippen molar-refractivity contribution in [3.8, 4) is 0 Å². The van der Waals surface area contributed by atoms with Gasteiger partial charge in [-0.3, -0.25) is 0 Å². The van der Waals surface area contributed by atoms with E-state index in [9.17, 15) is 0 Å². The van der Waals surface area contributed by atoms with Crippen molar-refractivity contribution in [2.75, 3.05) is 0 Å².